The molecule has 18 nitrogen and oxygen atoms in total. The van der Waals surface area contributed by atoms with E-state index in [1.807, 2.05) is 103 Å². The second-order valence-electron chi connectivity index (χ2n) is 22.9. The van der Waals surface area contributed by atoms with E-state index in [9.17, 15) is 28.8 Å². The molecule has 2 aromatic heterocycles. The van der Waals surface area contributed by atoms with Gasteiger partial charge in [0.15, 0.2) is 0 Å². The molecule has 1 saturated heterocycles. The lowest BCUT2D eigenvalue weighted by molar-refractivity contribution is -0.120. The maximum Gasteiger partial charge on any atom is 0.420 e. The number of rotatable bonds is 8. The maximum atomic E-state index is 13.2. The molecule has 8 aromatic rings. The Labute approximate surface area is 476 Å². The number of amides is 2. The topological polar surface area (TPSA) is 225 Å². The normalized spacial score (nSPS) is 13.5. The number of fused-ring (bicyclic) bond motifs is 2. The van der Waals surface area contributed by atoms with Crippen LogP contribution >= 0.6 is 0 Å². The number of nitrogens with one attached hydrogen (secondary N) is 1. The van der Waals surface area contributed by atoms with Crippen LogP contribution in [0.5, 0.6) is 0 Å². The average molecular weight is 1110 g/mol. The summed E-state index contributed by atoms with van der Waals surface area (Å²) in [6.07, 6.45) is -0.355. The number of aromatic nitrogens is 4. The molecule has 1 fully saturated rings. The van der Waals surface area contributed by atoms with Gasteiger partial charge in [-0.15, -0.1) is 0 Å². The van der Waals surface area contributed by atoms with E-state index in [0.29, 0.717) is 63.6 Å². The van der Waals surface area contributed by atoms with E-state index in [0.717, 1.165) is 45.4 Å². The van der Waals surface area contributed by atoms with Gasteiger partial charge >= 0.3 is 30.2 Å². The number of carbonyl (C=O) groups excluding carboxylic acids is 6. The number of aryl methyl sites for hydroxylation is 2. The highest BCUT2D eigenvalue weighted by atomic mass is 16.6. The van der Waals surface area contributed by atoms with Crippen molar-refractivity contribution in [2.24, 2.45) is 0 Å². The highest BCUT2D eigenvalue weighted by Gasteiger charge is 2.37. The van der Waals surface area contributed by atoms with Crippen LogP contribution in [0.1, 0.15) is 108 Å². The van der Waals surface area contributed by atoms with Crippen LogP contribution in [-0.4, -0.2) is 104 Å². The van der Waals surface area contributed by atoms with Crippen molar-refractivity contribution in [1.29, 1.82) is 0 Å². The molecule has 3 heterocycles. The summed E-state index contributed by atoms with van der Waals surface area (Å²) in [5, 5.41) is 2.97. The van der Waals surface area contributed by atoms with Gasteiger partial charge in [0, 0.05) is 17.9 Å². The summed E-state index contributed by atoms with van der Waals surface area (Å²) in [6.45, 7) is 20.0. The van der Waals surface area contributed by atoms with Crippen LogP contribution in [-0.2, 0) is 28.5 Å². The zero-order valence-corrected chi connectivity index (χ0v) is 48.5. The van der Waals surface area contributed by atoms with Crippen molar-refractivity contribution in [3.8, 4) is 44.5 Å². The zero-order chi connectivity index (χ0) is 59.6. The number of anilines is 2. The monoisotopic (exact) mass is 1110 g/mol. The fourth-order valence-electron chi connectivity index (χ4n) is 9.54. The van der Waals surface area contributed by atoms with Crippen molar-refractivity contribution in [1.82, 2.24) is 24.0 Å². The van der Waals surface area contributed by atoms with Crippen molar-refractivity contribution in [2.45, 2.75) is 112 Å². The largest absolute Gasteiger partial charge is 0.465 e. The minimum absolute atomic E-state index is 0.232. The Hall–Kier alpha value is -9.32. The van der Waals surface area contributed by atoms with E-state index in [1.165, 1.54) is 28.3 Å². The molecule has 6 aromatic carbocycles. The van der Waals surface area contributed by atoms with E-state index in [1.54, 1.807) is 94.4 Å². The van der Waals surface area contributed by atoms with Crippen LogP contribution in [0.3, 0.4) is 0 Å². The van der Waals surface area contributed by atoms with Crippen molar-refractivity contribution in [2.75, 3.05) is 31.8 Å². The van der Waals surface area contributed by atoms with Gasteiger partial charge in [-0.1, -0.05) is 72.8 Å². The Morgan fingerprint density at radius 2 is 0.915 bits per heavy atom. The Kier molecular flexibility index (Phi) is 16.8. The number of hydrogen-bond donors (Lipinski definition) is 2. The number of nitrogens with zero attached hydrogens (tertiary/aromatic N) is 5. The zero-order valence-electron chi connectivity index (χ0n) is 48.5. The number of carbonyl (C=O) groups is 6. The van der Waals surface area contributed by atoms with Crippen molar-refractivity contribution < 1.29 is 52.5 Å². The first-order chi connectivity index (χ1) is 38.6. The first-order valence-corrected chi connectivity index (χ1v) is 26.8. The van der Waals surface area contributed by atoms with Crippen LogP contribution in [0.2, 0.25) is 0 Å². The number of imidazole rings is 2. The van der Waals surface area contributed by atoms with Gasteiger partial charge in [-0.3, -0.25) is 9.69 Å². The van der Waals surface area contributed by atoms with Crippen molar-refractivity contribution in [3.05, 3.63) is 144 Å². The molecule has 1 unspecified atom stereocenters. The summed E-state index contributed by atoms with van der Waals surface area (Å²) < 4.78 is 29.5. The minimum atomic E-state index is -0.726. The SMILES string of the molecule is COC(=O)c1cc(-c2ccc(-c3cccc(N)c3)cc2)cc2c1nc(C)n2C(=O)OC(C)(C)C.COC(=O)c1cc(-c2ccc(-c3cccc(NC(=O)C4CCCN4C(=O)OC(C)(C)C)c3)cc2)cc2c1nc(C)n2C(=O)OC(C)(C)C. The highest BCUT2D eigenvalue weighted by molar-refractivity contribution is 6.07. The predicted octanol–water partition coefficient (Wildman–Crippen LogP) is 13.4. The molecular formula is C64H69N7O11. The number of nitrogens with two attached hydrogens (primary N) is 1. The van der Waals surface area contributed by atoms with Crippen molar-refractivity contribution >= 4 is 69.6 Å². The van der Waals surface area contributed by atoms with E-state index in [2.05, 4.69) is 15.3 Å². The maximum absolute atomic E-state index is 13.2. The molecule has 1 aliphatic heterocycles. The van der Waals surface area contributed by atoms with Gasteiger partial charge in [0.2, 0.25) is 5.91 Å². The molecule has 426 valence electrons. The third-order valence-corrected chi connectivity index (χ3v) is 13.1. The molecular weight excluding hydrogens is 1040 g/mol. The fourth-order valence-corrected chi connectivity index (χ4v) is 9.54. The Morgan fingerprint density at radius 3 is 1.33 bits per heavy atom. The van der Waals surface area contributed by atoms with Crippen LogP contribution in [0.25, 0.3) is 66.6 Å². The van der Waals surface area contributed by atoms with Crippen LogP contribution in [0, 0.1) is 13.8 Å². The summed E-state index contributed by atoms with van der Waals surface area (Å²) in [4.78, 5) is 88.0. The van der Waals surface area contributed by atoms with Crippen LogP contribution < -0.4 is 11.1 Å². The molecule has 0 spiro atoms. The number of likely N-dealkylation sites (tertiary alicyclic amines) is 1. The second-order valence-corrected chi connectivity index (χ2v) is 22.9. The molecule has 18 heteroatoms. The molecule has 0 saturated carbocycles. The Balaban J connectivity index is 0.000000227. The first-order valence-electron chi connectivity index (χ1n) is 26.8. The average Bonchev–Trinajstić information content (AvgIpc) is 2.69. The van der Waals surface area contributed by atoms with Gasteiger partial charge in [-0.2, -0.15) is 0 Å². The summed E-state index contributed by atoms with van der Waals surface area (Å²) in [5.41, 5.74) is 14.2. The Morgan fingerprint density at radius 1 is 0.512 bits per heavy atom. The van der Waals surface area contributed by atoms with Gasteiger partial charge in [0.05, 0.1) is 36.4 Å². The third kappa shape index (κ3) is 13.5. The molecule has 0 aliphatic carbocycles. The lowest BCUT2D eigenvalue weighted by Gasteiger charge is -2.28. The second kappa shape index (κ2) is 23.4. The summed E-state index contributed by atoms with van der Waals surface area (Å²) >= 11 is 0. The summed E-state index contributed by atoms with van der Waals surface area (Å²) in [6, 6.07) is 37.2. The number of ether oxygens (including phenoxy) is 5. The first kappa shape index (κ1) is 58.8. The smallest absolute Gasteiger partial charge is 0.420 e. The number of nitrogen functional groups attached to an aromatic ring is 1. The van der Waals surface area contributed by atoms with E-state index in [-0.39, 0.29) is 17.0 Å². The molecule has 9 rings (SSSR count). The number of esters is 2. The van der Waals surface area contributed by atoms with Crippen LogP contribution in [0.4, 0.5) is 25.8 Å². The molecule has 0 bridgehead atoms. The standard InChI is InChI=1S/C37H42N4O7.C27H27N3O4/c1-22-38-31-28(33(43)46-8)20-26(21-30(31)41(22)35(45)48-37(5,6)7)24-16-14-23(15-17-24)25-11-9-12-27(19-25)39-32(42)29-13-10-18-40(29)34(44)47-36(2,3)4;1-16-29-24-22(25(31)33-5)14-20(15-23(24)30(16)26(32)34-27(2,3)4)18-11-9-17(10-12-18)19-7-6-8-21(28)13-19/h9,11-12,14-17,19-21,29H,10,13,18H2,1-8H3,(H,39,42);6-15H,28H2,1-5H3. The summed E-state index contributed by atoms with van der Waals surface area (Å²) in [7, 11) is 2.62. The fraction of sp³-hybridized carbons (Fsp3) is 0.312. The van der Waals surface area contributed by atoms with Crippen LogP contribution in [0.15, 0.2) is 121 Å². The molecule has 3 N–H and O–H groups in total. The van der Waals surface area contributed by atoms with Gasteiger partial charge < -0.3 is 34.7 Å². The molecule has 0 radical (unpaired) electrons. The van der Waals surface area contributed by atoms with Gasteiger partial charge in [0.25, 0.3) is 0 Å². The van der Waals surface area contributed by atoms with E-state index < -0.39 is 53.1 Å². The highest BCUT2D eigenvalue weighted by Crippen LogP contribution is 2.35. The van der Waals surface area contributed by atoms with E-state index >= 15 is 0 Å². The van der Waals surface area contributed by atoms with Crippen molar-refractivity contribution in [3.63, 3.8) is 0 Å². The van der Waals surface area contributed by atoms with Gasteiger partial charge in [-0.05, 0) is 182 Å². The third-order valence-electron chi connectivity index (χ3n) is 13.1. The molecule has 1 atom stereocenters. The molecule has 1 aliphatic rings. The summed E-state index contributed by atoms with van der Waals surface area (Å²) in [5.74, 6) is -0.559. The number of methoxy groups -OCH3 is 2. The lowest BCUT2D eigenvalue weighted by Crippen LogP contribution is -2.45. The van der Waals surface area contributed by atoms with E-state index in [4.69, 9.17) is 29.4 Å². The number of hydrogen-bond acceptors (Lipinski definition) is 14. The van der Waals surface area contributed by atoms with Gasteiger partial charge in [0.1, 0.15) is 45.5 Å². The number of benzene rings is 6. The Bertz CT molecular complexity index is 3760. The molecule has 82 heavy (non-hydrogen) atoms. The quantitative estimate of drug-likeness (QED) is 0.0820. The lowest BCUT2D eigenvalue weighted by atomic mass is 9.98. The predicted molar refractivity (Wildman–Crippen MR) is 316 cm³/mol. The van der Waals surface area contributed by atoms with Gasteiger partial charge in [-0.25, -0.2) is 43.1 Å². The minimum Gasteiger partial charge on any atom is -0.465 e. The molecule has 2 amide bonds.